The predicted octanol–water partition coefficient (Wildman–Crippen LogP) is 3.24. The molecule has 1 aliphatic rings. The Bertz CT molecular complexity index is 967. The molecular weight excluding hydrogens is 384 g/mol. The van der Waals surface area contributed by atoms with E-state index in [2.05, 4.69) is 10.6 Å². The number of amides is 1. The van der Waals surface area contributed by atoms with Crippen LogP contribution < -0.4 is 10.6 Å². The van der Waals surface area contributed by atoms with Crippen molar-refractivity contribution in [2.24, 2.45) is 0 Å². The quantitative estimate of drug-likeness (QED) is 0.817. The molecule has 1 aliphatic heterocycles. The molecule has 1 saturated heterocycles. The highest BCUT2D eigenvalue weighted by atomic mass is 35.5. The standard InChI is InChI=1S/C20H23ClN2O3S/c1-14-7-3-4-8-16(14)19(24)23-20(11-6-12-22-13-20)27(25,26)18-10-5-9-17(21)15(18)2/h3-5,7-10,22H,6,11-13H2,1-2H3,(H,23,24)/t20-/m0/s1. The van der Waals surface area contributed by atoms with Gasteiger partial charge in [-0.05, 0) is 62.6 Å². The first-order valence-corrected chi connectivity index (χ1v) is 10.7. The van der Waals surface area contributed by atoms with E-state index in [-0.39, 0.29) is 17.3 Å². The topological polar surface area (TPSA) is 75.3 Å². The molecule has 7 heteroatoms. The first-order chi connectivity index (χ1) is 12.8. The molecule has 2 aromatic carbocycles. The summed E-state index contributed by atoms with van der Waals surface area (Å²) in [5, 5.41) is 6.36. The molecule has 0 bridgehead atoms. The van der Waals surface area contributed by atoms with E-state index in [0.717, 1.165) is 5.56 Å². The molecular formula is C20H23ClN2O3S. The lowest BCUT2D eigenvalue weighted by molar-refractivity contribution is 0.0916. The van der Waals surface area contributed by atoms with Crippen LogP contribution >= 0.6 is 11.6 Å². The van der Waals surface area contributed by atoms with Gasteiger partial charge in [-0.15, -0.1) is 0 Å². The highest BCUT2D eigenvalue weighted by molar-refractivity contribution is 7.93. The zero-order valence-electron chi connectivity index (χ0n) is 15.4. The predicted molar refractivity (Wildman–Crippen MR) is 107 cm³/mol. The summed E-state index contributed by atoms with van der Waals surface area (Å²) in [7, 11) is -3.87. The first-order valence-electron chi connectivity index (χ1n) is 8.87. The van der Waals surface area contributed by atoms with Gasteiger partial charge in [0.15, 0.2) is 4.87 Å². The summed E-state index contributed by atoms with van der Waals surface area (Å²) in [6.45, 7) is 4.38. The number of carbonyl (C=O) groups excluding carboxylic acids is 1. The van der Waals surface area contributed by atoms with Crippen LogP contribution in [0.15, 0.2) is 47.4 Å². The zero-order valence-corrected chi connectivity index (χ0v) is 17.0. The largest absolute Gasteiger partial charge is 0.332 e. The molecule has 5 nitrogen and oxygen atoms in total. The second-order valence-corrected chi connectivity index (χ2v) is 9.55. The Hall–Kier alpha value is -1.89. The minimum atomic E-state index is -3.87. The molecule has 0 radical (unpaired) electrons. The van der Waals surface area contributed by atoms with Crippen LogP contribution in [0.3, 0.4) is 0 Å². The van der Waals surface area contributed by atoms with Crippen molar-refractivity contribution in [2.75, 3.05) is 13.1 Å². The van der Waals surface area contributed by atoms with Gasteiger partial charge in [-0.3, -0.25) is 4.79 Å². The summed E-state index contributed by atoms with van der Waals surface area (Å²) in [5.74, 6) is -0.389. The fourth-order valence-corrected chi connectivity index (χ4v) is 5.83. The summed E-state index contributed by atoms with van der Waals surface area (Å²) in [6.07, 6.45) is 0.985. The third-order valence-corrected chi connectivity index (χ3v) is 8.01. The van der Waals surface area contributed by atoms with E-state index in [9.17, 15) is 13.2 Å². The van der Waals surface area contributed by atoms with E-state index in [1.165, 1.54) is 0 Å². The number of benzene rings is 2. The molecule has 1 heterocycles. The van der Waals surface area contributed by atoms with Gasteiger partial charge in [0.2, 0.25) is 9.84 Å². The Morgan fingerprint density at radius 2 is 1.89 bits per heavy atom. The number of hydrogen-bond donors (Lipinski definition) is 2. The maximum Gasteiger partial charge on any atom is 0.252 e. The van der Waals surface area contributed by atoms with Gasteiger partial charge in [0.1, 0.15) is 0 Å². The molecule has 1 atom stereocenters. The van der Waals surface area contributed by atoms with Crippen LogP contribution in [-0.2, 0) is 9.84 Å². The smallest absolute Gasteiger partial charge is 0.252 e. The van der Waals surface area contributed by atoms with Crippen molar-refractivity contribution >= 4 is 27.3 Å². The van der Waals surface area contributed by atoms with Gasteiger partial charge in [0.25, 0.3) is 5.91 Å². The Kier molecular flexibility index (Phi) is 5.60. The lowest BCUT2D eigenvalue weighted by Gasteiger charge is -2.38. The van der Waals surface area contributed by atoms with Gasteiger partial charge >= 0.3 is 0 Å². The lowest BCUT2D eigenvalue weighted by atomic mass is 10.0. The Balaban J connectivity index is 2.06. The second-order valence-electron chi connectivity index (χ2n) is 6.91. The lowest BCUT2D eigenvalue weighted by Crippen LogP contribution is -2.62. The highest BCUT2D eigenvalue weighted by Gasteiger charge is 2.47. The number of sulfone groups is 1. The number of rotatable bonds is 4. The van der Waals surface area contributed by atoms with Crippen molar-refractivity contribution < 1.29 is 13.2 Å². The van der Waals surface area contributed by atoms with Gasteiger partial charge in [0.05, 0.1) is 4.90 Å². The zero-order chi connectivity index (χ0) is 19.7. The summed E-state index contributed by atoms with van der Waals surface area (Å²) in [4.78, 5) is 11.7. The van der Waals surface area contributed by atoms with Gasteiger partial charge in [0, 0.05) is 17.1 Å². The number of halogens is 1. The average molecular weight is 407 g/mol. The van der Waals surface area contributed by atoms with Crippen molar-refractivity contribution in [3.63, 3.8) is 0 Å². The van der Waals surface area contributed by atoms with Crippen LogP contribution in [-0.4, -0.2) is 32.3 Å². The molecule has 0 aromatic heterocycles. The third-order valence-electron chi connectivity index (χ3n) is 5.10. The fourth-order valence-electron chi connectivity index (χ4n) is 3.47. The number of hydrogen-bond acceptors (Lipinski definition) is 4. The van der Waals surface area contributed by atoms with Crippen LogP contribution in [0.1, 0.15) is 34.3 Å². The minimum Gasteiger partial charge on any atom is -0.332 e. The summed E-state index contributed by atoms with van der Waals surface area (Å²) >= 11 is 6.16. The van der Waals surface area contributed by atoms with Crippen molar-refractivity contribution in [2.45, 2.75) is 36.5 Å². The van der Waals surface area contributed by atoms with E-state index in [1.807, 2.05) is 19.1 Å². The number of nitrogens with one attached hydrogen (secondary N) is 2. The molecule has 27 heavy (non-hydrogen) atoms. The minimum absolute atomic E-state index is 0.152. The van der Waals surface area contributed by atoms with E-state index < -0.39 is 14.7 Å². The normalized spacial score (nSPS) is 20.3. The van der Waals surface area contributed by atoms with Crippen LogP contribution in [0.4, 0.5) is 0 Å². The Morgan fingerprint density at radius 1 is 1.15 bits per heavy atom. The average Bonchev–Trinajstić information content (AvgIpc) is 2.64. The van der Waals surface area contributed by atoms with Crippen molar-refractivity contribution in [1.82, 2.24) is 10.6 Å². The molecule has 0 spiro atoms. The van der Waals surface area contributed by atoms with Crippen LogP contribution in [0.25, 0.3) is 0 Å². The molecule has 3 rings (SSSR count). The van der Waals surface area contributed by atoms with Crippen LogP contribution in [0, 0.1) is 13.8 Å². The third kappa shape index (κ3) is 3.61. The molecule has 0 saturated carbocycles. The number of piperidine rings is 1. The molecule has 0 aliphatic carbocycles. The van der Waals surface area contributed by atoms with E-state index in [4.69, 9.17) is 11.6 Å². The Morgan fingerprint density at radius 3 is 2.56 bits per heavy atom. The molecule has 2 aromatic rings. The van der Waals surface area contributed by atoms with Crippen molar-refractivity contribution in [3.05, 3.63) is 64.2 Å². The summed E-state index contributed by atoms with van der Waals surface area (Å²) < 4.78 is 27.2. The van der Waals surface area contributed by atoms with Crippen molar-refractivity contribution in [1.29, 1.82) is 0 Å². The maximum atomic E-state index is 13.6. The Labute approximate surface area is 165 Å². The summed E-state index contributed by atoms with van der Waals surface area (Å²) in [6, 6.07) is 12.0. The first kappa shape index (κ1) is 19.9. The highest BCUT2D eigenvalue weighted by Crippen LogP contribution is 2.34. The van der Waals surface area contributed by atoms with Gasteiger partial charge in [-0.2, -0.15) is 0 Å². The molecule has 144 valence electrons. The SMILES string of the molecule is Cc1ccccc1C(=O)N[C@]1(S(=O)(=O)c2cccc(Cl)c2C)CCCNC1. The number of aryl methyl sites for hydroxylation is 1. The van der Waals surface area contributed by atoms with Crippen LogP contribution in [0.2, 0.25) is 5.02 Å². The van der Waals surface area contributed by atoms with Gasteiger partial charge < -0.3 is 10.6 Å². The molecule has 1 fully saturated rings. The summed E-state index contributed by atoms with van der Waals surface area (Å²) in [5.41, 5.74) is 1.76. The maximum absolute atomic E-state index is 13.6. The molecule has 1 amide bonds. The second kappa shape index (κ2) is 7.62. The molecule has 2 N–H and O–H groups in total. The van der Waals surface area contributed by atoms with Crippen LogP contribution in [0.5, 0.6) is 0 Å². The van der Waals surface area contributed by atoms with Gasteiger partial charge in [-0.1, -0.05) is 35.9 Å². The van der Waals surface area contributed by atoms with E-state index in [0.29, 0.717) is 35.5 Å². The fraction of sp³-hybridized carbons (Fsp3) is 0.350. The van der Waals surface area contributed by atoms with E-state index in [1.54, 1.807) is 37.3 Å². The van der Waals surface area contributed by atoms with Crippen molar-refractivity contribution in [3.8, 4) is 0 Å². The van der Waals surface area contributed by atoms with Gasteiger partial charge in [-0.25, -0.2) is 8.42 Å². The molecule has 0 unspecified atom stereocenters. The van der Waals surface area contributed by atoms with E-state index >= 15 is 0 Å². The number of carbonyl (C=O) groups is 1. The monoisotopic (exact) mass is 406 g/mol.